The number of aromatic amines is 1. The number of aliphatic imine (C=N–C) groups is 2. The first kappa shape index (κ1) is 31.6. The van der Waals surface area contributed by atoms with Gasteiger partial charge in [0.05, 0.1) is 29.1 Å². The fourth-order valence-corrected chi connectivity index (χ4v) is 5.78. The van der Waals surface area contributed by atoms with E-state index < -0.39 is 24.0 Å². The number of ketones is 1. The third kappa shape index (κ3) is 6.97. The molecule has 0 saturated carbocycles. The average molecular weight is 652 g/mol. The van der Waals surface area contributed by atoms with E-state index in [4.69, 9.17) is 23.2 Å². The molecule has 1 aliphatic rings. The van der Waals surface area contributed by atoms with Crippen LogP contribution in [0.3, 0.4) is 0 Å². The van der Waals surface area contributed by atoms with Gasteiger partial charge in [0.1, 0.15) is 25.1 Å². The molecule has 5 rings (SSSR count). The minimum atomic E-state index is -1.38. The quantitative estimate of drug-likeness (QED) is 0.108. The van der Waals surface area contributed by atoms with Gasteiger partial charge in [-0.25, -0.2) is 9.38 Å². The number of aromatic nitrogens is 3. The monoisotopic (exact) mass is 650 g/mol. The van der Waals surface area contributed by atoms with Crippen LogP contribution in [-0.4, -0.2) is 69.1 Å². The molecule has 1 aliphatic heterocycles. The van der Waals surface area contributed by atoms with Crippen molar-refractivity contribution in [1.82, 2.24) is 19.7 Å². The van der Waals surface area contributed by atoms with Gasteiger partial charge < -0.3 is 20.1 Å². The Hall–Kier alpha value is -4.81. The summed E-state index contributed by atoms with van der Waals surface area (Å²) in [6.45, 7) is 6.17. The number of halogens is 3. The van der Waals surface area contributed by atoms with E-state index in [-0.39, 0.29) is 25.3 Å². The van der Waals surface area contributed by atoms with Crippen LogP contribution in [0.5, 0.6) is 0 Å². The Balaban J connectivity index is 1.36. The lowest BCUT2D eigenvalue weighted by Gasteiger charge is -2.24. The molecule has 4 aromatic rings. The van der Waals surface area contributed by atoms with Crippen LogP contribution in [0.2, 0.25) is 10.0 Å². The Morgan fingerprint density at radius 1 is 1.18 bits per heavy atom. The molecular formula is C31H29Cl2FN8O3. The van der Waals surface area contributed by atoms with Crippen LogP contribution in [0.25, 0.3) is 22.2 Å². The van der Waals surface area contributed by atoms with Gasteiger partial charge in [0.2, 0.25) is 11.8 Å². The zero-order chi connectivity index (χ0) is 32.2. The van der Waals surface area contributed by atoms with Crippen molar-refractivity contribution in [2.45, 2.75) is 39.0 Å². The largest absolute Gasteiger partial charge is 0.358 e. The number of carbonyl (C=O) groups is 3. The number of H-pyrrole nitrogens is 1. The van der Waals surface area contributed by atoms with E-state index >= 15 is 0 Å². The van der Waals surface area contributed by atoms with Crippen molar-refractivity contribution in [3.63, 3.8) is 0 Å². The van der Waals surface area contributed by atoms with Gasteiger partial charge in [-0.15, -0.1) is 0 Å². The van der Waals surface area contributed by atoms with E-state index in [1.807, 2.05) is 6.92 Å². The maximum atomic E-state index is 14.7. The number of anilines is 2. The smallest absolute Gasteiger partial charge is 0.247 e. The topological polar surface area (TPSA) is 137 Å². The third-order valence-electron chi connectivity index (χ3n) is 7.29. The van der Waals surface area contributed by atoms with Crippen LogP contribution in [0.1, 0.15) is 30.6 Å². The number of alkyl halides is 1. The number of amides is 2. The molecule has 232 valence electrons. The van der Waals surface area contributed by atoms with Crippen molar-refractivity contribution in [3.05, 3.63) is 76.3 Å². The summed E-state index contributed by atoms with van der Waals surface area (Å²) in [5.41, 5.74) is 3.81. The summed E-state index contributed by atoms with van der Waals surface area (Å²) in [6, 6.07) is 9.23. The van der Waals surface area contributed by atoms with Gasteiger partial charge in [-0.05, 0) is 57.0 Å². The number of likely N-dealkylation sites (tertiary alicyclic amines) is 1. The molecule has 45 heavy (non-hydrogen) atoms. The zero-order valence-electron chi connectivity index (χ0n) is 24.4. The maximum absolute atomic E-state index is 14.7. The van der Waals surface area contributed by atoms with E-state index in [9.17, 15) is 18.8 Å². The number of nitrogens with zero attached hydrogens (tertiary/aromatic N) is 5. The highest BCUT2D eigenvalue weighted by atomic mass is 35.5. The molecule has 0 unspecified atom stereocenters. The van der Waals surface area contributed by atoms with Gasteiger partial charge in [0.15, 0.2) is 5.78 Å². The molecule has 2 amide bonds. The molecule has 0 spiro atoms. The van der Waals surface area contributed by atoms with Crippen LogP contribution in [0, 0.1) is 0 Å². The first-order chi connectivity index (χ1) is 21.5. The van der Waals surface area contributed by atoms with Crippen LogP contribution in [-0.2, 0) is 16.1 Å². The minimum Gasteiger partial charge on any atom is -0.358 e. The number of hydrogen-bond acceptors (Lipinski definition) is 6. The lowest BCUT2D eigenvalue weighted by atomic mass is 10.1. The first-order valence-corrected chi connectivity index (χ1v) is 14.6. The van der Waals surface area contributed by atoms with Crippen molar-refractivity contribution in [2.75, 3.05) is 17.2 Å². The lowest BCUT2D eigenvalue weighted by Crippen LogP contribution is -2.44. The highest BCUT2D eigenvalue weighted by molar-refractivity contribution is 6.36. The maximum Gasteiger partial charge on any atom is 0.247 e. The average Bonchev–Trinajstić information content (AvgIpc) is 3.70. The van der Waals surface area contributed by atoms with E-state index in [0.717, 1.165) is 5.70 Å². The number of benzene rings is 2. The summed E-state index contributed by atoms with van der Waals surface area (Å²) in [6.07, 6.45) is 4.36. The number of allylic oxidation sites excluding steroid dienone is 1. The van der Waals surface area contributed by atoms with Gasteiger partial charge in [-0.3, -0.25) is 24.5 Å². The van der Waals surface area contributed by atoms with E-state index in [0.29, 0.717) is 49.1 Å². The molecule has 2 aromatic heterocycles. The molecule has 14 heteroatoms. The van der Waals surface area contributed by atoms with Gasteiger partial charge in [-0.1, -0.05) is 23.2 Å². The third-order valence-corrected chi connectivity index (χ3v) is 7.84. The summed E-state index contributed by atoms with van der Waals surface area (Å²) in [5, 5.41) is 14.2. The molecule has 3 N–H and O–H groups in total. The van der Waals surface area contributed by atoms with Crippen molar-refractivity contribution in [3.8, 4) is 11.3 Å². The van der Waals surface area contributed by atoms with Gasteiger partial charge in [0.25, 0.3) is 0 Å². The molecule has 11 nitrogen and oxygen atoms in total. The molecular weight excluding hydrogens is 622 g/mol. The number of carbonyl (C=O) groups excluding carboxylic acids is 3. The van der Waals surface area contributed by atoms with Crippen molar-refractivity contribution in [1.29, 1.82) is 0 Å². The highest BCUT2D eigenvalue weighted by Crippen LogP contribution is 2.34. The number of rotatable bonds is 10. The second-order valence-electron chi connectivity index (χ2n) is 10.5. The predicted octanol–water partition coefficient (Wildman–Crippen LogP) is 6.12. The Labute approximate surface area is 267 Å². The second kappa shape index (κ2) is 13.4. The summed E-state index contributed by atoms with van der Waals surface area (Å²) in [7, 11) is 0. The van der Waals surface area contributed by atoms with Crippen LogP contribution >= 0.6 is 23.2 Å². The van der Waals surface area contributed by atoms with Crippen LogP contribution < -0.4 is 10.6 Å². The highest BCUT2D eigenvalue weighted by Gasteiger charge is 2.40. The van der Waals surface area contributed by atoms with Crippen molar-refractivity contribution < 1.29 is 18.8 Å². The molecule has 2 aromatic carbocycles. The first-order valence-electron chi connectivity index (χ1n) is 13.8. The lowest BCUT2D eigenvalue weighted by molar-refractivity contribution is -0.137. The minimum absolute atomic E-state index is 0.160. The fourth-order valence-electron chi connectivity index (χ4n) is 5.28. The Morgan fingerprint density at radius 2 is 1.98 bits per heavy atom. The molecule has 0 aliphatic carbocycles. The zero-order valence-corrected chi connectivity index (χ0v) is 25.9. The SMILES string of the molecule is C=NC=N/C=C(\C)Nc1ccc2c(c1)c(C(C)=O)cn2CC(=O)N1C[C@H](F)C[C@H]1C(=O)Nc1cn[nH]c1-c1ccc(Cl)cc1Cl. The van der Waals surface area contributed by atoms with E-state index in [1.54, 1.807) is 53.4 Å². The van der Waals surface area contributed by atoms with Gasteiger partial charge in [-0.2, -0.15) is 5.10 Å². The van der Waals surface area contributed by atoms with Crippen molar-refractivity contribution >= 4 is 76.1 Å². The van der Waals surface area contributed by atoms with Gasteiger partial charge >= 0.3 is 0 Å². The Kier molecular flexibility index (Phi) is 9.45. The second-order valence-corrected chi connectivity index (χ2v) is 11.4. The van der Waals surface area contributed by atoms with Crippen LogP contribution in [0.4, 0.5) is 15.8 Å². The van der Waals surface area contributed by atoms with E-state index in [1.165, 1.54) is 24.4 Å². The normalized spacial score (nSPS) is 16.8. The molecule has 0 bridgehead atoms. The summed E-state index contributed by atoms with van der Waals surface area (Å²) < 4.78 is 16.3. The fraction of sp³-hybridized carbons (Fsp3) is 0.226. The van der Waals surface area contributed by atoms with Crippen molar-refractivity contribution in [2.24, 2.45) is 9.98 Å². The molecule has 1 saturated heterocycles. The van der Waals surface area contributed by atoms with Gasteiger partial charge in [0, 0.05) is 57.3 Å². The molecule has 0 radical (unpaired) electrons. The number of hydrogen-bond donors (Lipinski definition) is 3. The molecule has 3 heterocycles. The van der Waals surface area contributed by atoms with E-state index in [2.05, 4.69) is 37.5 Å². The predicted molar refractivity (Wildman–Crippen MR) is 175 cm³/mol. The summed E-state index contributed by atoms with van der Waals surface area (Å²) in [5.74, 6) is -1.22. The number of Topliss-reactive ketones (excluding diaryl/α,β-unsaturated/α-hetero) is 1. The molecule has 1 fully saturated rings. The summed E-state index contributed by atoms with van der Waals surface area (Å²) >= 11 is 12.4. The summed E-state index contributed by atoms with van der Waals surface area (Å²) in [4.78, 5) is 48.3. The standard InChI is InChI=1S/C31H29Cl2FN8O3/c1-17(11-36-16-35-3)38-21-5-7-27-23(10-21)24(18(2)43)14-41(27)15-29(44)42-13-20(34)9-28(42)31(45)39-26-12-37-40-30(26)22-6-4-19(32)8-25(22)33/h4-8,10-12,14,16,20,28,38H,3,9,13,15H2,1-2H3,(H,37,40)(H,39,45)/b17-11+,36-16?/t20-,28+/m1/s1. The van der Waals surface area contributed by atoms with Crippen LogP contribution in [0.15, 0.2) is 70.7 Å². The Morgan fingerprint density at radius 3 is 2.71 bits per heavy atom. The Bertz CT molecular complexity index is 1860. The molecule has 2 atom stereocenters. The number of nitrogens with one attached hydrogen (secondary N) is 3. The number of fused-ring (bicyclic) bond motifs is 1.